The van der Waals surface area contributed by atoms with Crippen LogP contribution < -0.4 is 5.32 Å². The topological polar surface area (TPSA) is 49.4 Å². The summed E-state index contributed by atoms with van der Waals surface area (Å²) in [5.41, 5.74) is -0.262. The Morgan fingerprint density at radius 1 is 1.45 bits per heavy atom. The highest BCUT2D eigenvalue weighted by atomic mass is 32.2. The fourth-order valence-electron chi connectivity index (χ4n) is 2.86. The summed E-state index contributed by atoms with van der Waals surface area (Å²) in [5.74, 6) is 0. The molecule has 1 saturated carbocycles. The Morgan fingerprint density at radius 2 is 2.20 bits per heavy atom. The molecule has 0 bridgehead atoms. The van der Waals surface area contributed by atoms with E-state index in [4.69, 9.17) is 0 Å². The van der Waals surface area contributed by atoms with Gasteiger partial charge in [-0.1, -0.05) is 0 Å². The highest BCUT2D eigenvalue weighted by molar-refractivity contribution is 7.89. The van der Waals surface area contributed by atoms with Crippen LogP contribution in [0.2, 0.25) is 0 Å². The SMILES string of the molecule is CC1(C)CCCN1S(=O)(=O)c1ccsc1CNC1CC1. The minimum absolute atomic E-state index is 0.262. The van der Waals surface area contributed by atoms with Crippen LogP contribution in [-0.4, -0.2) is 30.8 Å². The van der Waals surface area contributed by atoms with Crippen LogP contribution in [0.15, 0.2) is 16.3 Å². The Balaban J connectivity index is 1.85. The predicted molar refractivity (Wildman–Crippen MR) is 81.4 cm³/mol. The van der Waals surface area contributed by atoms with E-state index in [1.807, 2.05) is 19.2 Å². The van der Waals surface area contributed by atoms with Gasteiger partial charge in [0.2, 0.25) is 10.0 Å². The van der Waals surface area contributed by atoms with Crippen molar-refractivity contribution < 1.29 is 8.42 Å². The molecule has 4 nitrogen and oxygen atoms in total. The van der Waals surface area contributed by atoms with Crippen LogP contribution in [0.5, 0.6) is 0 Å². The van der Waals surface area contributed by atoms with Crippen molar-refractivity contribution in [2.24, 2.45) is 0 Å². The molecule has 1 N–H and O–H groups in total. The zero-order valence-electron chi connectivity index (χ0n) is 12.1. The van der Waals surface area contributed by atoms with Crippen molar-refractivity contribution in [3.63, 3.8) is 0 Å². The summed E-state index contributed by atoms with van der Waals surface area (Å²) in [4.78, 5) is 1.45. The monoisotopic (exact) mass is 314 g/mol. The van der Waals surface area contributed by atoms with Gasteiger partial charge in [-0.25, -0.2) is 8.42 Å². The molecule has 3 rings (SSSR count). The van der Waals surface area contributed by atoms with E-state index in [2.05, 4.69) is 5.32 Å². The molecule has 1 aromatic heterocycles. The summed E-state index contributed by atoms with van der Waals surface area (Å²) in [7, 11) is -3.36. The lowest BCUT2D eigenvalue weighted by atomic mass is 10.0. The molecule has 0 amide bonds. The predicted octanol–water partition coefficient (Wildman–Crippen LogP) is 2.56. The summed E-state index contributed by atoms with van der Waals surface area (Å²) in [5, 5.41) is 5.30. The van der Waals surface area contributed by atoms with Crippen molar-refractivity contribution in [2.75, 3.05) is 6.54 Å². The van der Waals surface area contributed by atoms with Gasteiger partial charge in [0.1, 0.15) is 0 Å². The number of nitrogens with zero attached hydrogens (tertiary/aromatic N) is 1. The number of rotatable bonds is 5. The second kappa shape index (κ2) is 5.09. The van der Waals surface area contributed by atoms with Crippen molar-refractivity contribution in [2.45, 2.75) is 62.6 Å². The van der Waals surface area contributed by atoms with Gasteiger partial charge in [0.25, 0.3) is 0 Å². The minimum atomic E-state index is -3.36. The maximum absolute atomic E-state index is 12.9. The standard InChI is InChI=1S/C14H22N2O2S2/c1-14(2)7-3-8-16(14)20(17,18)13-6-9-19-12(13)10-15-11-4-5-11/h6,9,11,15H,3-5,7-8,10H2,1-2H3. The number of nitrogens with one attached hydrogen (secondary N) is 1. The summed E-state index contributed by atoms with van der Waals surface area (Å²) in [6, 6.07) is 2.36. The first-order valence-electron chi connectivity index (χ1n) is 7.24. The van der Waals surface area contributed by atoms with E-state index in [1.54, 1.807) is 10.4 Å². The van der Waals surface area contributed by atoms with Gasteiger partial charge in [0.05, 0.1) is 4.90 Å². The van der Waals surface area contributed by atoms with E-state index in [-0.39, 0.29) is 5.54 Å². The number of thiophene rings is 1. The third-order valence-electron chi connectivity index (χ3n) is 4.23. The van der Waals surface area contributed by atoms with Crippen LogP contribution in [0.25, 0.3) is 0 Å². The van der Waals surface area contributed by atoms with Gasteiger partial charge in [-0.15, -0.1) is 11.3 Å². The first-order valence-corrected chi connectivity index (χ1v) is 9.56. The smallest absolute Gasteiger partial charge is 0.244 e. The highest BCUT2D eigenvalue weighted by Crippen LogP contribution is 2.36. The Morgan fingerprint density at radius 3 is 2.80 bits per heavy atom. The van der Waals surface area contributed by atoms with Crippen molar-refractivity contribution in [3.05, 3.63) is 16.3 Å². The number of hydrogen-bond donors (Lipinski definition) is 1. The van der Waals surface area contributed by atoms with Crippen molar-refractivity contribution in [1.29, 1.82) is 0 Å². The molecule has 20 heavy (non-hydrogen) atoms. The molecule has 0 unspecified atom stereocenters. The zero-order valence-corrected chi connectivity index (χ0v) is 13.7. The molecule has 0 atom stereocenters. The van der Waals surface area contributed by atoms with Gasteiger partial charge in [-0.2, -0.15) is 4.31 Å². The maximum Gasteiger partial charge on any atom is 0.244 e. The van der Waals surface area contributed by atoms with Crippen LogP contribution in [0.1, 0.15) is 44.4 Å². The van der Waals surface area contributed by atoms with E-state index in [1.165, 1.54) is 24.2 Å². The number of sulfonamides is 1. The molecule has 1 aliphatic heterocycles. The lowest BCUT2D eigenvalue weighted by Gasteiger charge is -2.30. The van der Waals surface area contributed by atoms with Crippen LogP contribution in [0, 0.1) is 0 Å². The van der Waals surface area contributed by atoms with E-state index in [0.29, 0.717) is 24.0 Å². The second-order valence-electron chi connectivity index (χ2n) is 6.36. The molecule has 2 fully saturated rings. The average Bonchev–Trinajstić information content (AvgIpc) is 2.93. The summed E-state index contributed by atoms with van der Waals surface area (Å²) in [6.45, 7) is 5.35. The molecule has 1 aromatic rings. The normalized spacial score (nSPS) is 23.3. The molecule has 112 valence electrons. The largest absolute Gasteiger partial charge is 0.309 e. The molecular formula is C14H22N2O2S2. The third kappa shape index (κ3) is 2.66. The molecule has 1 saturated heterocycles. The van der Waals surface area contributed by atoms with E-state index in [0.717, 1.165) is 17.7 Å². The quantitative estimate of drug-likeness (QED) is 0.909. The number of hydrogen-bond acceptors (Lipinski definition) is 4. The first-order chi connectivity index (χ1) is 9.41. The Bertz CT molecular complexity index is 588. The third-order valence-corrected chi connectivity index (χ3v) is 7.47. The van der Waals surface area contributed by atoms with Crippen LogP contribution in [0.4, 0.5) is 0 Å². The van der Waals surface area contributed by atoms with Gasteiger partial charge in [0.15, 0.2) is 0 Å². The Hall–Kier alpha value is -0.430. The zero-order chi connectivity index (χ0) is 14.4. The van der Waals surface area contributed by atoms with Crippen molar-refractivity contribution in [3.8, 4) is 0 Å². The van der Waals surface area contributed by atoms with Gasteiger partial charge in [-0.05, 0) is 51.0 Å². The van der Waals surface area contributed by atoms with Crippen LogP contribution in [-0.2, 0) is 16.6 Å². The first kappa shape index (κ1) is 14.5. The van der Waals surface area contributed by atoms with Gasteiger partial charge in [0, 0.05) is 29.5 Å². The van der Waals surface area contributed by atoms with Crippen LogP contribution in [0.3, 0.4) is 0 Å². The molecule has 0 spiro atoms. The Labute approximate surface area is 125 Å². The molecule has 2 heterocycles. The molecule has 1 aliphatic carbocycles. The molecule has 0 radical (unpaired) electrons. The van der Waals surface area contributed by atoms with E-state index >= 15 is 0 Å². The van der Waals surface area contributed by atoms with Gasteiger partial charge < -0.3 is 5.32 Å². The lowest BCUT2D eigenvalue weighted by molar-refractivity contribution is 0.291. The maximum atomic E-state index is 12.9. The highest BCUT2D eigenvalue weighted by Gasteiger charge is 2.41. The average molecular weight is 314 g/mol. The fourth-order valence-corrected chi connectivity index (χ4v) is 6.07. The molecule has 2 aliphatic rings. The Kier molecular flexibility index (Phi) is 3.69. The summed E-state index contributed by atoms with van der Waals surface area (Å²) in [6.07, 6.45) is 4.32. The molecule has 0 aromatic carbocycles. The fraction of sp³-hybridized carbons (Fsp3) is 0.714. The van der Waals surface area contributed by atoms with Crippen molar-refractivity contribution in [1.82, 2.24) is 9.62 Å². The van der Waals surface area contributed by atoms with Gasteiger partial charge >= 0.3 is 0 Å². The second-order valence-corrected chi connectivity index (χ2v) is 9.19. The minimum Gasteiger partial charge on any atom is -0.309 e. The van der Waals surface area contributed by atoms with Gasteiger partial charge in [-0.3, -0.25) is 0 Å². The van der Waals surface area contributed by atoms with E-state index < -0.39 is 10.0 Å². The van der Waals surface area contributed by atoms with Crippen molar-refractivity contribution >= 4 is 21.4 Å². The summed E-state index contributed by atoms with van der Waals surface area (Å²) < 4.78 is 27.5. The molecule has 6 heteroatoms. The summed E-state index contributed by atoms with van der Waals surface area (Å²) >= 11 is 1.54. The lowest BCUT2D eigenvalue weighted by Crippen LogP contribution is -2.42. The van der Waals surface area contributed by atoms with E-state index in [9.17, 15) is 8.42 Å². The molecular weight excluding hydrogens is 292 g/mol. The van der Waals surface area contributed by atoms with Crippen LogP contribution >= 0.6 is 11.3 Å².